The quantitative estimate of drug-likeness (QED) is 0.763. The van der Waals surface area contributed by atoms with Crippen LogP contribution in [0.25, 0.3) is 0 Å². The van der Waals surface area contributed by atoms with E-state index in [4.69, 9.17) is 9.84 Å². The molecule has 0 spiro atoms. The summed E-state index contributed by atoms with van der Waals surface area (Å²) in [6, 6.07) is 0.280. The van der Waals surface area contributed by atoms with Gasteiger partial charge in [-0.05, 0) is 19.8 Å². The molecule has 0 aliphatic carbocycles. The van der Waals surface area contributed by atoms with Crippen molar-refractivity contribution >= 4 is 23.7 Å². The Morgan fingerprint density at radius 2 is 2.33 bits per heavy atom. The van der Waals surface area contributed by atoms with E-state index in [1.165, 1.54) is 11.8 Å². The summed E-state index contributed by atoms with van der Waals surface area (Å²) >= 11 is 1.21. The molecule has 0 saturated carbocycles. The average Bonchev–Trinajstić information content (AvgIpc) is 3.03. The van der Waals surface area contributed by atoms with Crippen LogP contribution in [0.3, 0.4) is 0 Å². The van der Waals surface area contributed by atoms with Crippen LogP contribution >= 0.6 is 11.8 Å². The maximum atomic E-state index is 10.7. The highest BCUT2D eigenvalue weighted by atomic mass is 32.2. The van der Waals surface area contributed by atoms with Crippen molar-refractivity contribution in [2.24, 2.45) is 0 Å². The number of nitrogens with zero attached hydrogens (tertiary/aromatic N) is 4. The van der Waals surface area contributed by atoms with Crippen LogP contribution in [-0.2, 0) is 16.1 Å². The second-order valence-electron chi connectivity index (χ2n) is 5.16. The van der Waals surface area contributed by atoms with Gasteiger partial charge in [0.2, 0.25) is 5.95 Å². The number of ether oxygens (including phenoxy) is 1. The molecule has 118 valence electrons. The highest BCUT2D eigenvalue weighted by molar-refractivity contribution is 7.99. The minimum Gasteiger partial charge on any atom is -0.481 e. The van der Waals surface area contributed by atoms with Gasteiger partial charge in [0.05, 0.1) is 17.9 Å². The van der Waals surface area contributed by atoms with Gasteiger partial charge in [0.15, 0.2) is 5.16 Å². The molecule has 1 aromatic heterocycles. The van der Waals surface area contributed by atoms with E-state index in [1.807, 2.05) is 11.6 Å². The fourth-order valence-corrected chi connectivity index (χ4v) is 3.25. The molecule has 1 aromatic rings. The Hall–Kier alpha value is -1.28. The van der Waals surface area contributed by atoms with E-state index in [-0.39, 0.29) is 17.9 Å². The predicted octanol–water partition coefficient (Wildman–Crippen LogP) is 1.48. The molecule has 2 heterocycles. The standard InChI is InChI=1S/C13H22N4O3S/c1-4-6-17-12(14-15-13(17)21-8-11(18)19)16(3)10-5-7-20-9(10)2/h9-10H,4-8H2,1-3H3,(H,18,19). The summed E-state index contributed by atoms with van der Waals surface area (Å²) in [4.78, 5) is 12.8. The van der Waals surface area contributed by atoms with E-state index in [0.717, 1.165) is 31.9 Å². The molecule has 21 heavy (non-hydrogen) atoms. The fraction of sp³-hybridized carbons (Fsp3) is 0.769. The summed E-state index contributed by atoms with van der Waals surface area (Å²) < 4.78 is 7.61. The molecule has 2 atom stereocenters. The Balaban J connectivity index is 2.19. The van der Waals surface area contributed by atoms with Crippen molar-refractivity contribution < 1.29 is 14.6 Å². The van der Waals surface area contributed by atoms with Gasteiger partial charge in [-0.1, -0.05) is 18.7 Å². The lowest BCUT2D eigenvalue weighted by molar-refractivity contribution is -0.133. The molecule has 0 amide bonds. The molecule has 2 unspecified atom stereocenters. The molecule has 8 heteroatoms. The second kappa shape index (κ2) is 7.13. The number of thioether (sulfide) groups is 1. The third-order valence-electron chi connectivity index (χ3n) is 3.62. The van der Waals surface area contributed by atoms with E-state index >= 15 is 0 Å². The Kier molecular flexibility index (Phi) is 5.46. The number of likely N-dealkylation sites (N-methyl/N-ethyl adjacent to an activating group) is 1. The molecule has 7 nitrogen and oxygen atoms in total. The number of hydrogen-bond acceptors (Lipinski definition) is 6. The third-order valence-corrected chi connectivity index (χ3v) is 4.57. The normalized spacial score (nSPS) is 21.7. The Bertz CT molecular complexity index is 494. The molecule has 1 fully saturated rings. The van der Waals surface area contributed by atoms with Crippen LogP contribution in [0.4, 0.5) is 5.95 Å². The average molecular weight is 314 g/mol. The van der Waals surface area contributed by atoms with Gasteiger partial charge in [-0.3, -0.25) is 9.36 Å². The molecule has 1 N–H and O–H groups in total. The van der Waals surface area contributed by atoms with Crippen LogP contribution in [0.5, 0.6) is 0 Å². The first kappa shape index (κ1) is 16.1. The fourth-order valence-electron chi connectivity index (χ4n) is 2.57. The Labute approximate surface area is 128 Å². The van der Waals surface area contributed by atoms with Crippen LogP contribution in [0.2, 0.25) is 0 Å². The largest absolute Gasteiger partial charge is 0.481 e. The van der Waals surface area contributed by atoms with Crippen molar-refractivity contribution in [3.8, 4) is 0 Å². The monoisotopic (exact) mass is 314 g/mol. The first-order valence-corrected chi connectivity index (χ1v) is 8.15. The van der Waals surface area contributed by atoms with Crippen molar-refractivity contribution in [2.45, 2.75) is 50.5 Å². The van der Waals surface area contributed by atoms with Gasteiger partial charge in [-0.15, -0.1) is 10.2 Å². The summed E-state index contributed by atoms with van der Waals surface area (Å²) in [6.45, 7) is 5.68. The molecule has 1 aliphatic heterocycles. The van der Waals surface area contributed by atoms with Crippen molar-refractivity contribution in [2.75, 3.05) is 24.3 Å². The maximum absolute atomic E-state index is 10.7. The lowest BCUT2D eigenvalue weighted by Crippen LogP contribution is -2.38. The van der Waals surface area contributed by atoms with Crippen LogP contribution in [-0.4, -0.2) is 57.4 Å². The number of carboxylic acid groups (broad SMARTS) is 1. The topological polar surface area (TPSA) is 80.5 Å². The van der Waals surface area contributed by atoms with Gasteiger partial charge >= 0.3 is 5.97 Å². The molecular formula is C13H22N4O3S. The second-order valence-corrected chi connectivity index (χ2v) is 6.10. The summed E-state index contributed by atoms with van der Waals surface area (Å²) in [7, 11) is 2.00. The number of anilines is 1. The zero-order valence-corrected chi connectivity index (χ0v) is 13.5. The SMILES string of the molecule is CCCn1c(SCC(=O)O)nnc1N(C)C1CCOC1C. The Morgan fingerprint density at radius 3 is 2.90 bits per heavy atom. The first-order valence-electron chi connectivity index (χ1n) is 7.16. The molecule has 2 rings (SSSR count). The van der Waals surface area contributed by atoms with E-state index in [9.17, 15) is 4.79 Å². The highest BCUT2D eigenvalue weighted by Gasteiger charge is 2.31. The zero-order valence-electron chi connectivity index (χ0n) is 12.7. The van der Waals surface area contributed by atoms with Crippen LogP contribution < -0.4 is 4.90 Å². The number of aliphatic carboxylic acids is 1. The smallest absolute Gasteiger partial charge is 0.313 e. The molecule has 0 bridgehead atoms. The van der Waals surface area contributed by atoms with Crippen molar-refractivity contribution in [3.05, 3.63) is 0 Å². The molecule has 0 radical (unpaired) electrons. The van der Waals surface area contributed by atoms with Crippen LogP contribution in [0.1, 0.15) is 26.7 Å². The summed E-state index contributed by atoms with van der Waals surface area (Å²) in [5, 5.41) is 17.9. The van der Waals surface area contributed by atoms with E-state index in [2.05, 4.69) is 28.9 Å². The number of hydrogen-bond donors (Lipinski definition) is 1. The zero-order chi connectivity index (χ0) is 15.4. The number of carboxylic acids is 1. The van der Waals surface area contributed by atoms with Gasteiger partial charge < -0.3 is 14.7 Å². The van der Waals surface area contributed by atoms with Crippen molar-refractivity contribution in [1.29, 1.82) is 0 Å². The molecule has 1 aliphatic rings. The van der Waals surface area contributed by atoms with E-state index in [1.54, 1.807) is 0 Å². The van der Waals surface area contributed by atoms with Gasteiger partial charge in [-0.2, -0.15) is 0 Å². The van der Waals surface area contributed by atoms with Gasteiger partial charge in [0.1, 0.15) is 0 Å². The number of carbonyl (C=O) groups is 1. The first-order chi connectivity index (χ1) is 10.0. The van der Waals surface area contributed by atoms with Crippen LogP contribution in [0.15, 0.2) is 5.16 Å². The minimum absolute atomic E-state index is 0.00545. The highest BCUT2D eigenvalue weighted by Crippen LogP contribution is 2.26. The molecule has 1 saturated heterocycles. The van der Waals surface area contributed by atoms with Crippen molar-refractivity contribution in [1.82, 2.24) is 14.8 Å². The van der Waals surface area contributed by atoms with E-state index < -0.39 is 5.97 Å². The lowest BCUT2D eigenvalue weighted by atomic mass is 10.1. The van der Waals surface area contributed by atoms with E-state index in [0.29, 0.717) is 5.16 Å². The maximum Gasteiger partial charge on any atom is 0.313 e. The summed E-state index contributed by atoms with van der Waals surface area (Å²) in [6.07, 6.45) is 2.07. The van der Waals surface area contributed by atoms with Gasteiger partial charge in [0.25, 0.3) is 0 Å². The number of rotatable bonds is 7. The summed E-state index contributed by atoms with van der Waals surface area (Å²) in [5.41, 5.74) is 0. The van der Waals surface area contributed by atoms with Crippen molar-refractivity contribution in [3.63, 3.8) is 0 Å². The predicted molar refractivity (Wildman–Crippen MR) is 80.9 cm³/mol. The van der Waals surface area contributed by atoms with Gasteiger partial charge in [0, 0.05) is 20.2 Å². The van der Waals surface area contributed by atoms with Gasteiger partial charge in [-0.25, -0.2) is 0 Å². The lowest BCUT2D eigenvalue weighted by Gasteiger charge is -2.27. The third kappa shape index (κ3) is 3.68. The Morgan fingerprint density at radius 1 is 1.57 bits per heavy atom. The number of aromatic nitrogens is 3. The summed E-state index contributed by atoms with van der Waals surface area (Å²) in [5.74, 6) is -0.0695. The molecule has 0 aromatic carbocycles. The molecular weight excluding hydrogens is 292 g/mol. The minimum atomic E-state index is -0.848. The van der Waals surface area contributed by atoms with Crippen LogP contribution in [0, 0.1) is 0 Å².